The van der Waals surface area contributed by atoms with Crippen LogP contribution in [0.4, 0.5) is 0 Å². The lowest BCUT2D eigenvalue weighted by Crippen LogP contribution is -2.31. The number of ether oxygens (including phenoxy) is 1. The number of aryl methyl sites for hydroxylation is 1. The number of pyridine rings is 1. The molecule has 0 spiro atoms. The predicted molar refractivity (Wildman–Crippen MR) is 78.6 cm³/mol. The average Bonchev–Trinajstić information content (AvgIpc) is 2.48. The topological polar surface area (TPSA) is 54.4 Å². The summed E-state index contributed by atoms with van der Waals surface area (Å²) in [4.78, 5) is 4.29. The largest absolute Gasteiger partial charge is 0.491 e. The molecule has 1 heterocycles. The molecule has 0 aliphatic carbocycles. The van der Waals surface area contributed by atoms with Gasteiger partial charge in [-0.15, -0.1) is 0 Å². The summed E-state index contributed by atoms with van der Waals surface area (Å²) in [5, 5.41) is 13.0. The van der Waals surface area contributed by atoms with E-state index in [1.165, 1.54) is 0 Å². The number of rotatable bonds is 7. The second-order valence-electron chi connectivity index (χ2n) is 4.68. The van der Waals surface area contributed by atoms with Crippen molar-refractivity contribution in [3.8, 4) is 5.75 Å². The maximum Gasteiger partial charge on any atom is 0.119 e. The summed E-state index contributed by atoms with van der Waals surface area (Å²) >= 11 is 0. The summed E-state index contributed by atoms with van der Waals surface area (Å²) in [5.74, 6) is 0.770. The zero-order valence-corrected chi connectivity index (χ0v) is 11.6. The Bertz CT molecular complexity index is 517. The molecule has 0 radical (unpaired) electrons. The Balaban J connectivity index is 1.68. The van der Waals surface area contributed by atoms with Crippen LogP contribution in [0, 0.1) is 6.92 Å². The Hall–Kier alpha value is -1.91. The van der Waals surface area contributed by atoms with Gasteiger partial charge in [-0.25, -0.2) is 0 Å². The zero-order valence-electron chi connectivity index (χ0n) is 11.6. The third-order valence-electron chi connectivity index (χ3n) is 2.98. The molecule has 0 fully saturated rings. The van der Waals surface area contributed by atoms with Crippen molar-refractivity contribution in [3.05, 3.63) is 59.9 Å². The van der Waals surface area contributed by atoms with E-state index in [0.717, 1.165) is 17.0 Å². The lowest BCUT2D eigenvalue weighted by molar-refractivity contribution is 0.106. The normalized spacial score (nSPS) is 12.1. The van der Waals surface area contributed by atoms with E-state index in [-0.39, 0.29) is 6.61 Å². The SMILES string of the molecule is Cc1cccnc1CNCC(O)COc1ccccc1. The summed E-state index contributed by atoms with van der Waals surface area (Å²) in [6, 6.07) is 13.4. The van der Waals surface area contributed by atoms with Gasteiger partial charge < -0.3 is 15.2 Å². The van der Waals surface area contributed by atoms with Gasteiger partial charge >= 0.3 is 0 Å². The van der Waals surface area contributed by atoms with Crippen LogP contribution in [0.3, 0.4) is 0 Å². The highest BCUT2D eigenvalue weighted by Gasteiger charge is 2.05. The molecule has 0 aliphatic rings. The van der Waals surface area contributed by atoms with Gasteiger partial charge in [-0.3, -0.25) is 4.98 Å². The fourth-order valence-electron chi connectivity index (χ4n) is 1.83. The summed E-state index contributed by atoms with van der Waals surface area (Å²) in [6.45, 7) is 3.43. The molecule has 106 valence electrons. The van der Waals surface area contributed by atoms with E-state index < -0.39 is 6.10 Å². The standard InChI is InChI=1S/C16H20N2O2/c1-13-6-5-9-18-16(13)11-17-10-14(19)12-20-15-7-3-2-4-8-15/h2-9,14,17,19H,10-12H2,1H3. The first kappa shape index (κ1) is 14.5. The van der Waals surface area contributed by atoms with Crippen molar-refractivity contribution in [2.24, 2.45) is 0 Å². The number of hydrogen-bond acceptors (Lipinski definition) is 4. The number of aliphatic hydroxyl groups excluding tert-OH is 1. The molecular formula is C16H20N2O2. The van der Waals surface area contributed by atoms with Crippen LogP contribution in [0.25, 0.3) is 0 Å². The molecular weight excluding hydrogens is 252 g/mol. The van der Waals surface area contributed by atoms with Crippen LogP contribution >= 0.6 is 0 Å². The minimum Gasteiger partial charge on any atom is -0.491 e. The van der Waals surface area contributed by atoms with Gasteiger partial charge in [0.15, 0.2) is 0 Å². The van der Waals surface area contributed by atoms with Crippen LogP contribution < -0.4 is 10.1 Å². The number of nitrogens with zero attached hydrogens (tertiary/aromatic N) is 1. The Morgan fingerprint density at radius 1 is 1.20 bits per heavy atom. The molecule has 0 saturated heterocycles. The summed E-state index contributed by atoms with van der Waals surface area (Å²) in [6.07, 6.45) is 1.23. The van der Waals surface area contributed by atoms with E-state index in [1.807, 2.05) is 49.4 Å². The highest BCUT2D eigenvalue weighted by Crippen LogP contribution is 2.08. The van der Waals surface area contributed by atoms with Crippen molar-refractivity contribution in [1.29, 1.82) is 0 Å². The Morgan fingerprint density at radius 3 is 2.75 bits per heavy atom. The fourth-order valence-corrected chi connectivity index (χ4v) is 1.83. The lowest BCUT2D eigenvalue weighted by atomic mass is 10.2. The minimum atomic E-state index is -0.542. The van der Waals surface area contributed by atoms with Gasteiger partial charge in [0.25, 0.3) is 0 Å². The van der Waals surface area contributed by atoms with Gasteiger partial charge in [0.2, 0.25) is 0 Å². The highest BCUT2D eigenvalue weighted by atomic mass is 16.5. The Labute approximate surface area is 119 Å². The van der Waals surface area contributed by atoms with Crippen molar-refractivity contribution < 1.29 is 9.84 Å². The Kier molecular flexibility index (Phi) is 5.53. The van der Waals surface area contributed by atoms with E-state index in [0.29, 0.717) is 13.1 Å². The van der Waals surface area contributed by atoms with Gasteiger partial charge in [-0.05, 0) is 30.7 Å². The molecule has 4 nitrogen and oxygen atoms in total. The fraction of sp³-hybridized carbons (Fsp3) is 0.312. The molecule has 1 atom stereocenters. The zero-order chi connectivity index (χ0) is 14.2. The summed E-state index contributed by atoms with van der Waals surface area (Å²) in [5.41, 5.74) is 2.15. The molecule has 2 N–H and O–H groups in total. The first-order valence-corrected chi connectivity index (χ1v) is 6.73. The number of aromatic nitrogens is 1. The van der Waals surface area contributed by atoms with Crippen molar-refractivity contribution in [2.45, 2.75) is 19.6 Å². The minimum absolute atomic E-state index is 0.276. The van der Waals surface area contributed by atoms with Crippen molar-refractivity contribution in [1.82, 2.24) is 10.3 Å². The van der Waals surface area contributed by atoms with E-state index >= 15 is 0 Å². The summed E-state index contributed by atoms with van der Waals surface area (Å²) in [7, 11) is 0. The molecule has 0 amide bonds. The second-order valence-corrected chi connectivity index (χ2v) is 4.68. The first-order valence-electron chi connectivity index (χ1n) is 6.73. The average molecular weight is 272 g/mol. The van der Waals surface area contributed by atoms with Gasteiger partial charge in [0, 0.05) is 19.3 Å². The predicted octanol–water partition coefficient (Wildman–Crippen LogP) is 1.92. The number of benzene rings is 1. The van der Waals surface area contributed by atoms with Gasteiger partial charge in [0.05, 0.1) is 5.69 Å². The monoisotopic (exact) mass is 272 g/mol. The number of hydrogen-bond donors (Lipinski definition) is 2. The summed E-state index contributed by atoms with van der Waals surface area (Å²) < 4.78 is 5.49. The van der Waals surface area contributed by atoms with E-state index in [1.54, 1.807) is 6.20 Å². The maximum atomic E-state index is 9.85. The number of nitrogens with one attached hydrogen (secondary N) is 1. The van der Waals surface area contributed by atoms with Crippen LogP contribution in [-0.4, -0.2) is 29.3 Å². The van der Waals surface area contributed by atoms with E-state index in [9.17, 15) is 5.11 Å². The molecule has 0 bridgehead atoms. The Morgan fingerprint density at radius 2 is 2.00 bits per heavy atom. The third-order valence-corrected chi connectivity index (χ3v) is 2.98. The molecule has 2 rings (SSSR count). The third kappa shape index (κ3) is 4.64. The molecule has 1 aromatic heterocycles. The number of aliphatic hydroxyl groups is 1. The van der Waals surface area contributed by atoms with E-state index in [2.05, 4.69) is 10.3 Å². The van der Waals surface area contributed by atoms with Crippen molar-refractivity contribution >= 4 is 0 Å². The second kappa shape index (κ2) is 7.62. The number of para-hydroxylation sites is 1. The van der Waals surface area contributed by atoms with Gasteiger partial charge in [-0.1, -0.05) is 24.3 Å². The van der Waals surface area contributed by atoms with Crippen molar-refractivity contribution in [2.75, 3.05) is 13.2 Å². The van der Waals surface area contributed by atoms with Crippen LogP contribution in [0.15, 0.2) is 48.7 Å². The smallest absolute Gasteiger partial charge is 0.119 e. The quantitative estimate of drug-likeness (QED) is 0.808. The molecule has 2 aromatic rings. The van der Waals surface area contributed by atoms with Crippen LogP contribution in [0.5, 0.6) is 5.75 Å². The molecule has 1 aromatic carbocycles. The first-order chi connectivity index (χ1) is 9.75. The van der Waals surface area contributed by atoms with E-state index in [4.69, 9.17) is 4.74 Å². The van der Waals surface area contributed by atoms with Crippen LogP contribution in [-0.2, 0) is 6.54 Å². The van der Waals surface area contributed by atoms with Crippen LogP contribution in [0.2, 0.25) is 0 Å². The molecule has 0 aliphatic heterocycles. The molecule has 0 saturated carbocycles. The molecule has 20 heavy (non-hydrogen) atoms. The molecule has 1 unspecified atom stereocenters. The lowest BCUT2D eigenvalue weighted by Gasteiger charge is -2.13. The molecule has 4 heteroatoms. The van der Waals surface area contributed by atoms with Gasteiger partial charge in [0.1, 0.15) is 18.5 Å². The van der Waals surface area contributed by atoms with Crippen molar-refractivity contribution in [3.63, 3.8) is 0 Å². The van der Waals surface area contributed by atoms with Crippen LogP contribution in [0.1, 0.15) is 11.3 Å². The maximum absolute atomic E-state index is 9.85. The van der Waals surface area contributed by atoms with Gasteiger partial charge in [-0.2, -0.15) is 0 Å². The highest BCUT2D eigenvalue weighted by molar-refractivity contribution is 5.21.